The molecule has 0 radical (unpaired) electrons. The van der Waals surface area contributed by atoms with Crippen LogP contribution < -0.4 is 15.1 Å². The molecule has 0 fully saturated rings. The van der Waals surface area contributed by atoms with Crippen LogP contribution in [0.4, 0.5) is 28.8 Å². The molecule has 5 heteroatoms. The number of nitrogens with zero attached hydrogens (tertiary/aromatic N) is 4. The van der Waals surface area contributed by atoms with Crippen LogP contribution in [0.3, 0.4) is 0 Å². The quantitative estimate of drug-likeness (QED) is 0.560. The number of nitrogens with one attached hydrogen (secondary N) is 1. The standard InChI is InChI=1S/C23H29N5/c1-5-27(6-2)20-13-14-21(18(4)17-20)25-23-24-16-15-22(26-23)28(7-3)19-11-9-8-10-12-19/h8-17H,5-7H2,1-4H3,(H,24,25,26). The lowest BCUT2D eigenvalue weighted by atomic mass is 10.1. The lowest BCUT2D eigenvalue weighted by Crippen LogP contribution is -2.21. The zero-order valence-electron chi connectivity index (χ0n) is 17.2. The highest BCUT2D eigenvalue weighted by molar-refractivity contribution is 5.66. The van der Waals surface area contributed by atoms with Crippen molar-refractivity contribution in [3.8, 4) is 0 Å². The van der Waals surface area contributed by atoms with E-state index in [4.69, 9.17) is 4.98 Å². The maximum absolute atomic E-state index is 4.74. The zero-order valence-corrected chi connectivity index (χ0v) is 17.2. The van der Waals surface area contributed by atoms with E-state index < -0.39 is 0 Å². The van der Waals surface area contributed by atoms with Crippen LogP contribution in [0.15, 0.2) is 60.8 Å². The van der Waals surface area contributed by atoms with E-state index >= 15 is 0 Å². The SMILES string of the molecule is CCN(CC)c1ccc(Nc2nccc(N(CC)c3ccccc3)n2)c(C)c1. The first kappa shape index (κ1) is 19.7. The van der Waals surface area contributed by atoms with Gasteiger partial charge in [0.25, 0.3) is 0 Å². The molecule has 2 aromatic carbocycles. The average molecular weight is 376 g/mol. The molecule has 28 heavy (non-hydrogen) atoms. The molecule has 146 valence electrons. The van der Waals surface area contributed by atoms with Gasteiger partial charge < -0.3 is 15.1 Å². The molecule has 0 saturated heterocycles. The molecule has 0 bridgehead atoms. The summed E-state index contributed by atoms with van der Waals surface area (Å²) in [7, 11) is 0. The van der Waals surface area contributed by atoms with Gasteiger partial charge in [-0.2, -0.15) is 4.98 Å². The molecular weight excluding hydrogens is 346 g/mol. The minimum Gasteiger partial charge on any atom is -0.372 e. The van der Waals surface area contributed by atoms with Crippen molar-refractivity contribution in [2.24, 2.45) is 0 Å². The second-order valence-corrected chi connectivity index (χ2v) is 6.61. The molecule has 0 amide bonds. The van der Waals surface area contributed by atoms with Crippen LogP contribution in [0.1, 0.15) is 26.3 Å². The Morgan fingerprint density at radius 3 is 2.25 bits per heavy atom. The second kappa shape index (κ2) is 9.22. The minimum atomic E-state index is 0.602. The predicted octanol–water partition coefficient (Wildman–Crippen LogP) is 5.53. The van der Waals surface area contributed by atoms with Gasteiger partial charge in [0.15, 0.2) is 0 Å². The first-order valence-electron chi connectivity index (χ1n) is 9.94. The molecule has 3 rings (SSSR count). The number of benzene rings is 2. The zero-order chi connectivity index (χ0) is 19.9. The third-order valence-corrected chi connectivity index (χ3v) is 4.89. The van der Waals surface area contributed by atoms with E-state index in [1.54, 1.807) is 6.20 Å². The fraction of sp³-hybridized carbons (Fsp3) is 0.304. The summed E-state index contributed by atoms with van der Waals surface area (Å²) in [5.74, 6) is 1.48. The van der Waals surface area contributed by atoms with E-state index in [0.717, 1.165) is 36.8 Å². The van der Waals surface area contributed by atoms with Gasteiger partial charge in [0.1, 0.15) is 5.82 Å². The van der Waals surface area contributed by atoms with Crippen LogP contribution in [-0.4, -0.2) is 29.6 Å². The number of hydrogen-bond acceptors (Lipinski definition) is 5. The van der Waals surface area contributed by atoms with Crippen molar-refractivity contribution in [2.45, 2.75) is 27.7 Å². The molecule has 3 aromatic rings. The van der Waals surface area contributed by atoms with Gasteiger partial charge in [-0.1, -0.05) is 18.2 Å². The Kier molecular flexibility index (Phi) is 6.48. The van der Waals surface area contributed by atoms with Crippen molar-refractivity contribution >= 4 is 28.8 Å². The first-order valence-corrected chi connectivity index (χ1v) is 9.94. The molecule has 0 atom stereocenters. The molecule has 0 aliphatic rings. The van der Waals surface area contributed by atoms with Gasteiger partial charge in [-0.05, 0) is 69.7 Å². The Hall–Kier alpha value is -3.08. The Morgan fingerprint density at radius 1 is 0.857 bits per heavy atom. The summed E-state index contributed by atoms with van der Waals surface area (Å²) in [5.41, 5.74) is 4.56. The minimum absolute atomic E-state index is 0.602. The highest BCUT2D eigenvalue weighted by atomic mass is 15.2. The Bertz CT molecular complexity index is 891. The topological polar surface area (TPSA) is 44.3 Å². The molecule has 1 aromatic heterocycles. The third kappa shape index (κ3) is 4.42. The number of hydrogen-bond donors (Lipinski definition) is 1. The smallest absolute Gasteiger partial charge is 0.229 e. The number of anilines is 5. The monoisotopic (exact) mass is 375 g/mol. The lowest BCUT2D eigenvalue weighted by molar-refractivity contribution is 0.866. The molecule has 0 saturated carbocycles. The number of aromatic nitrogens is 2. The fourth-order valence-electron chi connectivity index (χ4n) is 3.34. The Morgan fingerprint density at radius 2 is 1.61 bits per heavy atom. The molecule has 5 nitrogen and oxygen atoms in total. The maximum atomic E-state index is 4.74. The number of aryl methyl sites for hydroxylation is 1. The van der Waals surface area contributed by atoms with Crippen molar-refractivity contribution in [1.29, 1.82) is 0 Å². The number of para-hydroxylation sites is 1. The van der Waals surface area contributed by atoms with Crippen molar-refractivity contribution in [1.82, 2.24) is 9.97 Å². The van der Waals surface area contributed by atoms with Crippen LogP contribution >= 0.6 is 0 Å². The fourth-order valence-corrected chi connectivity index (χ4v) is 3.34. The average Bonchev–Trinajstić information content (AvgIpc) is 2.73. The summed E-state index contributed by atoms with van der Waals surface area (Å²) >= 11 is 0. The van der Waals surface area contributed by atoms with Gasteiger partial charge in [0.05, 0.1) is 0 Å². The van der Waals surface area contributed by atoms with Crippen LogP contribution in [0.2, 0.25) is 0 Å². The van der Waals surface area contributed by atoms with E-state index in [-0.39, 0.29) is 0 Å². The van der Waals surface area contributed by atoms with Crippen LogP contribution in [0, 0.1) is 6.92 Å². The van der Waals surface area contributed by atoms with Crippen molar-refractivity contribution in [3.05, 3.63) is 66.4 Å². The molecule has 0 aliphatic heterocycles. The van der Waals surface area contributed by atoms with Crippen molar-refractivity contribution in [2.75, 3.05) is 34.8 Å². The maximum Gasteiger partial charge on any atom is 0.229 e. The van der Waals surface area contributed by atoms with Crippen LogP contribution in [0.25, 0.3) is 0 Å². The predicted molar refractivity (Wildman–Crippen MR) is 119 cm³/mol. The molecule has 0 unspecified atom stereocenters. The summed E-state index contributed by atoms with van der Waals surface area (Å²) in [6.07, 6.45) is 1.80. The Balaban J connectivity index is 1.83. The van der Waals surface area contributed by atoms with E-state index in [0.29, 0.717) is 5.95 Å². The second-order valence-electron chi connectivity index (χ2n) is 6.61. The summed E-state index contributed by atoms with van der Waals surface area (Å²) in [6, 6.07) is 18.7. The largest absolute Gasteiger partial charge is 0.372 e. The highest BCUT2D eigenvalue weighted by Crippen LogP contribution is 2.27. The normalized spacial score (nSPS) is 10.6. The lowest BCUT2D eigenvalue weighted by Gasteiger charge is -2.23. The van der Waals surface area contributed by atoms with Gasteiger partial charge in [-0.25, -0.2) is 4.98 Å². The van der Waals surface area contributed by atoms with Crippen LogP contribution in [-0.2, 0) is 0 Å². The van der Waals surface area contributed by atoms with Crippen LogP contribution in [0.5, 0.6) is 0 Å². The van der Waals surface area contributed by atoms with Gasteiger partial charge >= 0.3 is 0 Å². The molecule has 1 heterocycles. The third-order valence-electron chi connectivity index (χ3n) is 4.89. The number of rotatable bonds is 8. The van der Waals surface area contributed by atoms with E-state index in [1.165, 1.54) is 11.3 Å². The van der Waals surface area contributed by atoms with E-state index in [1.807, 2.05) is 24.3 Å². The Labute approximate surface area is 168 Å². The van der Waals surface area contributed by atoms with Gasteiger partial charge in [-0.15, -0.1) is 0 Å². The van der Waals surface area contributed by atoms with E-state index in [9.17, 15) is 0 Å². The first-order chi connectivity index (χ1) is 13.7. The summed E-state index contributed by atoms with van der Waals surface area (Å²) in [4.78, 5) is 13.7. The molecule has 0 aliphatic carbocycles. The summed E-state index contributed by atoms with van der Waals surface area (Å²) in [6.45, 7) is 11.4. The van der Waals surface area contributed by atoms with Crippen molar-refractivity contribution < 1.29 is 0 Å². The molecule has 0 spiro atoms. The molecule has 1 N–H and O–H groups in total. The van der Waals surface area contributed by atoms with Gasteiger partial charge in [-0.3, -0.25) is 0 Å². The summed E-state index contributed by atoms with van der Waals surface area (Å²) < 4.78 is 0. The van der Waals surface area contributed by atoms with Crippen molar-refractivity contribution in [3.63, 3.8) is 0 Å². The van der Waals surface area contributed by atoms with Gasteiger partial charge in [0, 0.05) is 42.9 Å². The summed E-state index contributed by atoms with van der Waals surface area (Å²) in [5, 5.41) is 3.38. The molecular formula is C23H29N5. The van der Waals surface area contributed by atoms with E-state index in [2.05, 4.69) is 78.1 Å². The highest BCUT2D eigenvalue weighted by Gasteiger charge is 2.11. The van der Waals surface area contributed by atoms with Gasteiger partial charge in [0.2, 0.25) is 5.95 Å².